The third-order valence-electron chi connectivity index (χ3n) is 2.06. The van der Waals surface area contributed by atoms with Crippen molar-refractivity contribution >= 4 is 20.2 Å². The van der Waals surface area contributed by atoms with Crippen LogP contribution in [0, 0.1) is 11.3 Å². The summed E-state index contributed by atoms with van der Waals surface area (Å²) in [5.74, 6) is 0. The molecule has 5 nitrogen and oxygen atoms in total. The van der Waals surface area contributed by atoms with Crippen molar-refractivity contribution in [3.05, 3.63) is 0 Å². The molecule has 16 heavy (non-hydrogen) atoms. The van der Waals surface area contributed by atoms with Crippen LogP contribution in [0.25, 0.3) is 0 Å². The van der Waals surface area contributed by atoms with Crippen LogP contribution >= 0.6 is 20.2 Å². The standard InChI is InChI=1S/C9H18ClN2O3P/c1-7(2)12(8(3)4)9(10,5-11)6-15-16(13)14/h7-8,13-14H,6H2,1-4H3. The van der Waals surface area contributed by atoms with E-state index >= 15 is 0 Å². The SMILES string of the molecule is CC(C)N(C(C)C)C(Cl)(C#N)COP(O)O. The van der Waals surface area contributed by atoms with Crippen molar-refractivity contribution in [3.8, 4) is 6.07 Å². The van der Waals surface area contributed by atoms with Crippen molar-refractivity contribution in [2.24, 2.45) is 0 Å². The first-order chi connectivity index (χ1) is 7.24. The summed E-state index contributed by atoms with van der Waals surface area (Å²) in [6.45, 7) is 7.40. The van der Waals surface area contributed by atoms with Crippen LogP contribution in [0.2, 0.25) is 0 Å². The van der Waals surface area contributed by atoms with Crippen LogP contribution in [0.15, 0.2) is 0 Å². The van der Waals surface area contributed by atoms with E-state index in [4.69, 9.17) is 26.6 Å². The van der Waals surface area contributed by atoms with Crippen molar-refractivity contribution < 1.29 is 14.3 Å². The predicted molar refractivity (Wildman–Crippen MR) is 63.6 cm³/mol. The fourth-order valence-corrected chi connectivity index (χ4v) is 2.55. The van der Waals surface area contributed by atoms with E-state index < -0.39 is 13.6 Å². The van der Waals surface area contributed by atoms with E-state index in [0.29, 0.717) is 0 Å². The quantitative estimate of drug-likeness (QED) is 0.436. The van der Waals surface area contributed by atoms with Gasteiger partial charge in [-0.25, -0.2) is 0 Å². The van der Waals surface area contributed by atoms with Crippen molar-refractivity contribution in [1.29, 1.82) is 5.26 Å². The number of halogens is 1. The Kier molecular flexibility index (Phi) is 6.73. The monoisotopic (exact) mass is 268 g/mol. The summed E-state index contributed by atoms with van der Waals surface area (Å²) in [6, 6.07) is 2.04. The molecule has 0 spiro atoms. The zero-order valence-electron chi connectivity index (χ0n) is 9.88. The molecule has 0 heterocycles. The van der Waals surface area contributed by atoms with E-state index in [2.05, 4.69) is 4.52 Å². The number of hydrogen-bond donors (Lipinski definition) is 2. The Morgan fingerprint density at radius 3 is 2.06 bits per heavy atom. The van der Waals surface area contributed by atoms with E-state index in [0.717, 1.165) is 0 Å². The topological polar surface area (TPSA) is 76.7 Å². The molecular weight excluding hydrogens is 251 g/mol. The minimum absolute atomic E-state index is 0.0457. The molecule has 0 bridgehead atoms. The van der Waals surface area contributed by atoms with Crippen LogP contribution in [-0.4, -0.2) is 38.4 Å². The molecule has 0 radical (unpaired) electrons. The Bertz CT molecular complexity index is 250. The lowest BCUT2D eigenvalue weighted by atomic mass is 10.1. The van der Waals surface area contributed by atoms with Crippen LogP contribution in [0.3, 0.4) is 0 Å². The summed E-state index contributed by atoms with van der Waals surface area (Å²) < 4.78 is 4.66. The average molecular weight is 269 g/mol. The maximum atomic E-state index is 9.11. The highest BCUT2D eigenvalue weighted by Crippen LogP contribution is 2.32. The van der Waals surface area contributed by atoms with E-state index in [-0.39, 0.29) is 18.7 Å². The second-order valence-corrected chi connectivity index (χ2v) is 5.38. The van der Waals surface area contributed by atoms with Gasteiger partial charge in [0.05, 0.1) is 0 Å². The zero-order valence-corrected chi connectivity index (χ0v) is 11.5. The maximum Gasteiger partial charge on any atom is 0.327 e. The molecule has 0 aliphatic heterocycles. The molecule has 7 heteroatoms. The van der Waals surface area contributed by atoms with Gasteiger partial charge in [0.1, 0.15) is 12.7 Å². The smallest absolute Gasteiger partial charge is 0.327 e. The van der Waals surface area contributed by atoms with Crippen molar-refractivity contribution in [1.82, 2.24) is 4.90 Å². The molecule has 0 aromatic rings. The Labute approximate surface area is 103 Å². The van der Waals surface area contributed by atoms with E-state index in [1.54, 1.807) is 4.90 Å². The van der Waals surface area contributed by atoms with Gasteiger partial charge in [-0.15, -0.1) is 0 Å². The largest absolute Gasteiger partial charge is 0.328 e. The summed E-state index contributed by atoms with van der Waals surface area (Å²) in [7, 11) is -2.50. The molecule has 1 atom stereocenters. The fourth-order valence-electron chi connectivity index (χ4n) is 1.72. The van der Waals surface area contributed by atoms with Gasteiger partial charge in [0, 0.05) is 12.1 Å². The Morgan fingerprint density at radius 2 is 1.81 bits per heavy atom. The van der Waals surface area contributed by atoms with Crippen LogP contribution in [0.1, 0.15) is 27.7 Å². The molecule has 0 saturated carbocycles. The van der Waals surface area contributed by atoms with E-state index in [9.17, 15) is 0 Å². The average Bonchev–Trinajstić information content (AvgIpc) is 2.13. The lowest BCUT2D eigenvalue weighted by Gasteiger charge is -2.39. The van der Waals surface area contributed by atoms with Gasteiger partial charge in [0.2, 0.25) is 5.00 Å². The van der Waals surface area contributed by atoms with Crippen molar-refractivity contribution in [2.75, 3.05) is 6.61 Å². The molecule has 0 aliphatic carbocycles. The van der Waals surface area contributed by atoms with Gasteiger partial charge in [-0.1, -0.05) is 11.6 Å². The normalized spacial score (nSPS) is 15.9. The number of hydrogen-bond acceptors (Lipinski definition) is 5. The molecule has 0 fully saturated rings. The summed E-state index contributed by atoms with van der Waals surface area (Å²) >= 11 is 6.15. The molecule has 1 unspecified atom stereocenters. The minimum atomic E-state index is -2.50. The van der Waals surface area contributed by atoms with Gasteiger partial charge in [-0.05, 0) is 27.7 Å². The van der Waals surface area contributed by atoms with Gasteiger partial charge in [-0.3, -0.25) is 4.90 Å². The van der Waals surface area contributed by atoms with E-state index in [1.165, 1.54) is 0 Å². The van der Waals surface area contributed by atoms with Crippen molar-refractivity contribution in [2.45, 2.75) is 44.8 Å². The highest BCUT2D eigenvalue weighted by molar-refractivity contribution is 7.39. The van der Waals surface area contributed by atoms with Gasteiger partial charge in [-0.2, -0.15) is 5.26 Å². The Balaban J connectivity index is 4.83. The first-order valence-electron chi connectivity index (χ1n) is 4.94. The van der Waals surface area contributed by atoms with Gasteiger partial charge in [0.15, 0.2) is 0 Å². The molecule has 0 aromatic carbocycles. The number of rotatable bonds is 6. The summed E-state index contributed by atoms with van der Waals surface area (Å²) in [4.78, 5) is 17.7. The van der Waals surface area contributed by atoms with Crippen LogP contribution in [0.4, 0.5) is 0 Å². The molecule has 0 amide bonds. The third kappa shape index (κ3) is 4.50. The Hall–Kier alpha value is 0.0500. The highest BCUT2D eigenvalue weighted by atomic mass is 35.5. The zero-order chi connectivity index (χ0) is 12.9. The van der Waals surface area contributed by atoms with Crippen molar-refractivity contribution in [3.63, 3.8) is 0 Å². The second-order valence-electron chi connectivity index (χ2n) is 3.99. The molecule has 0 rings (SSSR count). The fraction of sp³-hybridized carbons (Fsp3) is 0.889. The second kappa shape index (κ2) is 6.70. The minimum Gasteiger partial charge on any atom is -0.328 e. The number of nitriles is 1. The molecule has 0 aliphatic rings. The molecule has 0 aromatic heterocycles. The summed E-state index contributed by atoms with van der Waals surface area (Å²) in [5.41, 5.74) is 0. The highest BCUT2D eigenvalue weighted by Gasteiger charge is 2.39. The van der Waals surface area contributed by atoms with Gasteiger partial charge >= 0.3 is 8.60 Å². The van der Waals surface area contributed by atoms with Gasteiger partial charge in [0.25, 0.3) is 0 Å². The first kappa shape index (κ1) is 16.1. The van der Waals surface area contributed by atoms with Crippen LogP contribution in [-0.2, 0) is 4.52 Å². The van der Waals surface area contributed by atoms with Gasteiger partial charge < -0.3 is 14.3 Å². The lowest BCUT2D eigenvalue weighted by molar-refractivity contribution is 0.0753. The molecule has 0 saturated heterocycles. The third-order valence-corrected chi connectivity index (χ3v) is 2.81. The number of alkyl halides is 1. The van der Waals surface area contributed by atoms with Crippen LogP contribution < -0.4 is 0 Å². The molecular formula is C9H18ClN2O3P. The molecule has 94 valence electrons. The lowest BCUT2D eigenvalue weighted by Crippen LogP contribution is -2.53. The summed E-state index contributed by atoms with van der Waals surface area (Å²) in [5, 5.41) is 9.11. The first-order valence-corrected chi connectivity index (χ1v) is 6.48. The Morgan fingerprint density at radius 1 is 1.38 bits per heavy atom. The van der Waals surface area contributed by atoms with E-state index in [1.807, 2.05) is 33.8 Å². The maximum absolute atomic E-state index is 9.11. The van der Waals surface area contributed by atoms with Crippen LogP contribution in [0.5, 0.6) is 0 Å². The molecule has 2 N–H and O–H groups in total. The summed E-state index contributed by atoms with van der Waals surface area (Å²) in [6.07, 6.45) is 0. The predicted octanol–water partition coefficient (Wildman–Crippen LogP) is 1.79. The number of nitrogens with zero attached hydrogens (tertiary/aromatic N) is 2.